The Balaban J connectivity index is 1.82. The Kier molecular flexibility index (Phi) is 8.13. The number of nitrogens with zero attached hydrogens (tertiary/aromatic N) is 4. The number of nitrogens with one attached hydrogen (secondary N) is 1. The number of methoxy groups -OCH3 is 1. The van der Waals surface area contributed by atoms with Gasteiger partial charge in [-0.1, -0.05) is 43.0 Å². The SMILES string of the molecule is C=C/C=C(\C=C/SC)NC(=C)CC1N=C(c2ccc(Cl)cc2)c2cc(OC)ccc2-n2c(C)nnc21. The second kappa shape index (κ2) is 11.5. The summed E-state index contributed by atoms with van der Waals surface area (Å²) in [6.45, 7) is 10.0. The van der Waals surface area contributed by atoms with Crippen LogP contribution in [-0.2, 0) is 0 Å². The maximum absolute atomic E-state index is 6.19. The van der Waals surface area contributed by atoms with E-state index in [2.05, 4.69) is 33.2 Å². The Morgan fingerprint density at radius 3 is 2.69 bits per heavy atom. The van der Waals surface area contributed by atoms with Crippen molar-refractivity contribution in [1.29, 1.82) is 0 Å². The molecule has 0 aliphatic carbocycles. The smallest absolute Gasteiger partial charge is 0.162 e. The van der Waals surface area contributed by atoms with Gasteiger partial charge in [-0.05, 0) is 61.1 Å². The number of hydrogen-bond donors (Lipinski definition) is 1. The van der Waals surface area contributed by atoms with Crippen molar-refractivity contribution < 1.29 is 4.74 Å². The van der Waals surface area contributed by atoms with E-state index in [4.69, 9.17) is 21.3 Å². The van der Waals surface area contributed by atoms with Crippen LogP contribution in [0.15, 0.2) is 95.6 Å². The molecule has 1 unspecified atom stereocenters. The van der Waals surface area contributed by atoms with Crippen molar-refractivity contribution in [2.24, 2.45) is 4.99 Å². The normalized spacial score (nSPS) is 15.1. The first kappa shape index (κ1) is 25.5. The molecule has 1 aliphatic heterocycles. The van der Waals surface area contributed by atoms with Gasteiger partial charge < -0.3 is 10.1 Å². The third-order valence-electron chi connectivity index (χ3n) is 5.69. The summed E-state index contributed by atoms with van der Waals surface area (Å²) in [5.74, 6) is 2.27. The van der Waals surface area contributed by atoms with E-state index >= 15 is 0 Å². The molecule has 1 aliphatic rings. The van der Waals surface area contributed by atoms with Crippen molar-refractivity contribution in [2.75, 3.05) is 13.4 Å². The molecular weight excluding hydrogens is 490 g/mol. The van der Waals surface area contributed by atoms with Crippen LogP contribution in [0.5, 0.6) is 5.75 Å². The molecule has 1 aromatic heterocycles. The van der Waals surface area contributed by atoms with E-state index in [1.54, 1.807) is 24.9 Å². The van der Waals surface area contributed by atoms with Gasteiger partial charge in [0.05, 0.1) is 18.5 Å². The highest BCUT2D eigenvalue weighted by Crippen LogP contribution is 2.35. The standard InChI is InChI=1S/C28H28ClN5OS/c1-6-7-22(14-15-36-5)30-18(2)16-25-28-33-32-19(3)34(28)26-13-12-23(35-4)17-24(26)27(31-25)20-8-10-21(29)11-9-20/h6-15,17,25,30H,1-2,16H2,3-5H3/b15-14-,22-7+. The molecule has 36 heavy (non-hydrogen) atoms. The maximum Gasteiger partial charge on any atom is 0.162 e. The maximum atomic E-state index is 6.19. The fraction of sp³-hybridized carbons (Fsp3) is 0.179. The van der Waals surface area contributed by atoms with E-state index in [9.17, 15) is 0 Å². The van der Waals surface area contributed by atoms with E-state index in [1.807, 2.05) is 73.2 Å². The molecule has 2 heterocycles. The number of rotatable bonds is 9. The highest BCUT2D eigenvalue weighted by Gasteiger charge is 2.29. The summed E-state index contributed by atoms with van der Waals surface area (Å²) in [6.07, 6.45) is 8.16. The molecule has 1 N–H and O–H groups in total. The second-order valence-corrected chi connectivity index (χ2v) is 9.33. The number of thioether (sulfide) groups is 1. The van der Waals surface area contributed by atoms with Gasteiger partial charge in [0.15, 0.2) is 5.82 Å². The van der Waals surface area contributed by atoms with Crippen LogP contribution < -0.4 is 10.1 Å². The van der Waals surface area contributed by atoms with Crippen LogP contribution in [0.4, 0.5) is 0 Å². The number of aromatic nitrogens is 3. The van der Waals surface area contributed by atoms with Crippen LogP contribution >= 0.6 is 23.4 Å². The van der Waals surface area contributed by atoms with Crippen molar-refractivity contribution in [3.8, 4) is 11.4 Å². The topological polar surface area (TPSA) is 64.3 Å². The van der Waals surface area contributed by atoms with E-state index in [1.165, 1.54) is 0 Å². The van der Waals surface area contributed by atoms with Crippen LogP contribution in [0.25, 0.3) is 5.69 Å². The molecule has 0 spiro atoms. The molecule has 0 bridgehead atoms. The lowest BCUT2D eigenvalue weighted by Crippen LogP contribution is -2.15. The van der Waals surface area contributed by atoms with E-state index < -0.39 is 0 Å². The Hall–Kier alpha value is -3.55. The number of ether oxygens (including phenoxy) is 1. The number of hydrogen-bond acceptors (Lipinski definition) is 6. The van der Waals surface area contributed by atoms with Gasteiger partial charge in [0, 0.05) is 34.0 Å². The first-order chi connectivity index (χ1) is 17.4. The third kappa shape index (κ3) is 5.48. The fourth-order valence-electron chi connectivity index (χ4n) is 4.07. The molecule has 0 amide bonds. The summed E-state index contributed by atoms with van der Waals surface area (Å²) >= 11 is 7.81. The van der Waals surface area contributed by atoms with Crippen molar-refractivity contribution in [2.45, 2.75) is 19.4 Å². The highest BCUT2D eigenvalue weighted by atomic mass is 35.5. The summed E-state index contributed by atoms with van der Waals surface area (Å²) in [4.78, 5) is 5.23. The number of fused-ring (bicyclic) bond motifs is 3. The Bertz CT molecular complexity index is 1370. The zero-order chi connectivity index (χ0) is 25.7. The lowest BCUT2D eigenvalue weighted by atomic mass is 10.00. The lowest BCUT2D eigenvalue weighted by molar-refractivity contribution is 0.414. The van der Waals surface area contributed by atoms with Gasteiger partial charge >= 0.3 is 0 Å². The molecule has 1 atom stereocenters. The first-order valence-corrected chi connectivity index (χ1v) is 13.0. The number of allylic oxidation sites excluding steroid dienone is 3. The van der Waals surface area contributed by atoms with Gasteiger partial charge in [0.1, 0.15) is 17.6 Å². The largest absolute Gasteiger partial charge is 0.497 e. The quantitative estimate of drug-likeness (QED) is 0.325. The van der Waals surface area contributed by atoms with Gasteiger partial charge in [-0.2, -0.15) is 0 Å². The van der Waals surface area contributed by atoms with Crippen LogP contribution in [0.1, 0.15) is 35.2 Å². The molecule has 0 radical (unpaired) electrons. The Morgan fingerprint density at radius 2 is 2.00 bits per heavy atom. The average molecular weight is 518 g/mol. The Morgan fingerprint density at radius 1 is 1.22 bits per heavy atom. The van der Waals surface area contributed by atoms with Gasteiger partial charge in [-0.15, -0.1) is 22.0 Å². The van der Waals surface area contributed by atoms with E-state index in [0.717, 1.165) is 51.3 Å². The highest BCUT2D eigenvalue weighted by molar-refractivity contribution is 8.01. The summed E-state index contributed by atoms with van der Waals surface area (Å²) in [5.41, 5.74) is 5.34. The summed E-state index contributed by atoms with van der Waals surface area (Å²) < 4.78 is 7.61. The first-order valence-electron chi connectivity index (χ1n) is 11.4. The van der Waals surface area contributed by atoms with Crippen molar-refractivity contribution in [3.05, 3.63) is 118 Å². The van der Waals surface area contributed by atoms with Gasteiger partial charge in [0.2, 0.25) is 0 Å². The minimum absolute atomic E-state index is 0.329. The second-order valence-electron chi connectivity index (χ2n) is 8.15. The van der Waals surface area contributed by atoms with Crippen LogP contribution in [-0.4, -0.2) is 33.8 Å². The molecule has 3 aromatic rings. The summed E-state index contributed by atoms with van der Waals surface area (Å²) in [5, 5.41) is 15.0. The third-order valence-corrected chi connectivity index (χ3v) is 6.35. The molecule has 8 heteroatoms. The van der Waals surface area contributed by atoms with E-state index in [0.29, 0.717) is 11.4 Å². The molecule has 0 fully saturated rings. The van der Waals surface area contributed by atoms with Crippen molar-refractivity contribution >= 4 is 29.1 Å². The number of aryl methyl sites for hydroxylation is 1. The number of aliphatic imine (C=N–C) groups is 1. The monoisotopic (exact) mass is 517 g/mol. The minimum atomic E-state index is -0.329. The lowest BCUT2D eigenvalue weighted by Gasteiger charge is -2.16. The van der Waals surface area contributed by atoms with Crippen molar-refractivity contribution in [1.82, 2.24) is 20.1 Å². The molecule has 4 rings (SSSR count). The molecule has 0 saturated heterocycles. The molecule has 0 saturated carbocycles. The zero-order valence-corrected chi connectivity index (χ0v) is 22.1. The summed E-state index contributed by atoms with van der Waals surface area (Å²) in [7, 11) is 1.66. The van der Waals surface area contributed by atoms with Crippen LogP contribution in [0.2, 0.25) is 5.02 Å². The predicted molar refractivity (Wildman–Crippen MR) is 150 cm³/mol. The predicted octanol–water partition coefficient (Wildman–Crippen LogP) is 6.57. The average Bonchev–Trinajstić information content (AvgIpc) is 3.20. The molecule has 6 nitrogen and oxygen atoms in total. The minimum Gasteiger partial charge on any atom is -0.497 e. The molecule has 184 valence electrons. The number of benzene rings is 2. The summed E-state index contributed by atoms with van der Waals surface area (Å²) in [6, 6.07) is 13.3. The Labute approximate surface area is 221 Å². The van der Waals surface area contributed by atoms with Crippen molar-refractivity contribution in [3.63, 3.8) is 0 Å². The fourth-order valence-corrected chi connectivity index (χ4v) is 4.48. The van der Waals surface area contributed by atoms with Gasteiger partial charge in [-0.3, -0.25) is 9.56 Å². The number of halogens is 1. The van der Waals surface area contributed by atoms with Gasteiger partial charge in [-0.25, -0.2) is 0 Å². The molecule has 2 aromatic carbocycles. The zero-order valence-electron chi connectivity index (χ0n) is 20.5. The van der Waals surface area contributed by atoms with Gasteiger partial charge in [0.25, 0.3) is 0 Å². The van der Waals surface area contributed by atoms with Crippen LogP contribution in [0.3, 0.4) is 0 Å². The molecular formula is C28H28ClN5OS. The van der Waals surface area contributed by atoms with Crippen LogP contribution in [0, 0.1) is 6.92 Å². The van der Waals surface area contributed by atoms with E-state index in [-0.39, 0.29) is 6.04 Å².